The Morgan fingerprint density at radius 1 is 1.19 bits per heavy atom. The van der Waals surface area contributed by atoms with Crippen LogP contribution in [0.15, 0.2) is 30.3 Å². The number of carbonyl (C=O) groups excluding carboxylic acids is 1. The summed E-state index contributed by atoms with van der Waals surface area (Å²) in [4.78, 5) is 26.3. The maximum absolute atomic E-state index is 13.7. The normalized spacial score (nSPS) is 10.2. The maximum Gasteiger partial charge on any atom is 0.335 e. The Labute approximate surface area is 128 Å². The Morgan fingerprint density at radius 2 is 1.90 bits per heavy atom. The van der Waals surface area contributed by atoms with Gasteiger partial charge in [-0.2, -0.15) is 0 Å². The molecule has 2 N–H and O–H groups in total. The molecule has 0 aliphatic rings. The second-order valence-corrected chi connectivity index (χ2v) is 4.67. The summed E-state index contributed by atoms with van der Waals surface area (Å²) >= 11 is 11.4. The Balaban J connectivity index is 2.25. The van der Waals surface area contributed by atoms with Gasteiger partial charge in [0.1, 0.15) is 16.1 Å². The molecule has 1 aromatic heterocycles. The van der Waals surface area contributed by atoms with E-state index in [9.17, 15) is 14.0 Å². The van der Waals surface area contributed by atoms with Crippen LogP contribution in [0, 0.1) is 5.82 Å². The summed E-state index contributed by atoms with van der Waals surface area (Å²) in [5, 5.41) is 11.0. The molecule has 0 spiro atoms. The molecule has 21 heavy (non-hydrogen) atoms. The van der Waals surface area contributed by atoms with E-state index in [4.69, 9.17) is 28.3 Å². The van der Waals surface area contributed by atoms with Crippen LogP contribution in [-0.4, -0.2) is 22.0 Å². The van der Waals surface area contributed by atoms with Crippen LogP contribution in [-0.2, 0) is 0 Å². The molecule has 5 nitrogen and oxygen atoms in total. The highest BCUT2D eigenvalue weighted by Crippen LogP contribution is 2.20. The van der Waals surface area contributed by atoms with Gasteiger partial charge in [0.05, 0.1) is 16.8 Å². The van der Waals surface area contributed by atoms with Crippen LogP contribution in [0.25, 0.3) is 0 Å². The third-order valence-electron chi connectivity index (χ3n) is 2.52. The van der Waals surface area contributed by atoms with Crippen LogP contribution in [0.4, 0.5) is 10.1 Å². The predicted octanol–water partition coefficient (Wildman–Crippen LogP) is 3.48. The lowest BCUT2D eigenvalue weighted by molar-refractivity contribution is 0.0696. The molecular weight excluding hydrogens is 322 g/mol. The lowest BCUT2D eigenvalue weighted by Gasteiger charge is -2.08. The van der Waals surface area contributed by atoms with E-state index in [-0.39, 0.29) is 27.1 Å². The fourth-order valence-electron chi connectivity index (χ4n) is 1.52. The lowest BCUT2D eigenvalue weighted by atomic mass is 10.2. The van der Waals surface area contributed by atoms with Crippen molar-refractivity contribution in [2.45, 2.75) is 0 Å². The van der Waals surface area contributed by atoms with Crippen molar-refractivity contribution in [3.05, 3.63) is 57.6 Å². The van der Waals surface area contributed by atoms with Crippen LogP contribution in [0.3, 0.4) is 0 Å². The number of anilines is 1. The molecular formula is C13H7Cl2FN2O3. The number of benzene rings is 1. The number of halogens is 3. The van der Waals surface area contributed by atoms with Gasteiger partial charge in [-0.3, -0.25) is 4.79 Å². The minimum Gasteiger partial charge on any atom is -0.478 e. The predicted molar refractivity (Wildman–Crippen MR) is 75.6 cm³/mol. The number of hydrogen-bond donors (Lipinski definition) is 2. The fourth-order valence-corrected chi connectivity index (χ4v) is 1.95. The maximum atomic E-state index is 13.7. The summed E-state index contributed by atoms with van der Waals surface area (Å²) in [6.45, 7) is 0. The van der Waals surface area contributed by atoms with Gasteiger partial charge in [-0.05, 0) is 30.3 Å². The smallest absolute Gasteiger partial charge is 0.335 e. The zero-order valence-electron chi connectivity index (χ0n) is 10.2. The summed E-state index contributed by atoms with van der Waals surface area (Å²) in [7, 11) is 0. The highest BCUT2D eigenvalue weighted by Gasteiger charge is 2.15. The number of pyridine rings is 1. The van der Waals surface area contributed by atoms with Gasteiger partial charge >= 0.3 is 5.97 Å². The van der Waals surface area contributed by atoms with Crippen molar-refractivity contribution >= 4 is 40.8 Å². The van der Waals surface area contributed by atoms with Crippen LogP contribution in [0.1, 0.15) is 20.7 Å². The molecule has 1 amide bonds. The highest BCUT2D eigenvalue weighted by molar-refractivity contribution is 6.35. The first-order valence-corrected chi connectivity index (χ1v) is 6.30. The quantitative estimate of drug-likeness (QED) is 0.845. The molecule has 0 bridgehead atoms. The van der Waals surface area contributed by atoms with Gasteiger partial charge in [0.2, 0.25) is 0 Å². The monoisotopic (exact) mass is 328 g/mol. The number of aromatic nitrogens is 1. The number of amides is 1. The van der Waals surface area contributed by atoms with E-state index in [0.29, 0.717) is 0 Å². The SMILES string of the molecule is O=C(O)c1ccc(NC(=O)c2ccc(Cl)nc2Cl)c(F)c1. The first-order chi connectivity index (χ1) is 9.88. The molecule has 2 aromatic rings. The van der Waals surface area contributed by atoms with Gasteiger partial charge in [-0.25, -0.2) is 14.2 Å². The van der Waals surface area contributed by atoms with E-state index >= 15 is 0 Å². The van der Waals surface area contributed by atoms with Gasteiger partial charge in [-0.15, -0.1) is 0 Å². The average molecular weight is 329 g/mol. The lowest BCUT2D eigenvalue weighted by Crippen LogP contribution is -2.14. The number of nitrogens with zero attached hydrogens (tertiary/aromatic N) is 1. The second kappa shape index (κ2) is 6.07. The molecule has 108 valence electrons. The summed E-state index contributed by atoms with van der Waals surface area (Å²) < 4.78 is 13.7. The Kier molecular flexibility index (Phi) is 4.40. The second-order valence-electron chi connectivity index (χ2n) is 3.93. The number of nitrogens with one attached hydrogen (secondary N) is 1. The molecule has 8 heteroatoms. The number of carboxylic acids is 1. The van der Waals surface area contributed by atoms with Crippen molar-refractivity contribution in [2.75, 3.05) is 5.32 Å². The zero-order chi connectivity index (χ0) is 15.6. The Bertz CT molecular complexity index is 737. The van der Waals surface area contributed by atoms with Gasteiger partial charge in [0, 0.05) is 0 Å². The Hall–Kier alpha value is -2.18. The minimum atomic E-state index is -1.27. The zero-order valence-corrected chi connectivity index (χ0v) is 11.7. The van der Waals surface area contributed by atoms with Gasteiger partial charge in [0.15, 0.2) is 0 Å². The number of aromatic carboxylic acids is 1. The van der Waals surface area contributed by atoms with E-state index in [0.717, 1.165) is 12.1 Å². The van der Waals surface area contributed by atoms with E-state index < -0.39 is 17.7 Å². The fraction of sp³-hybridized carbons (Fsp3) is 0. The van der Waals surface area contributed by atoms with Gasteiger partial charge in [-0.1, -0.05) is 23.2 Å². The molecule has 0 unspecified atom stereocenters. The van der Waals surface area contributed by atoms with Crippen molar-refractivity contribution in [1.29, 1.82) is 0 Å². The van der Waals surface area contributed by atoms with Crippen LogP contribution in [0.2, 0.25) is 10.3 Å². The van der Waals surface area contributed by atoms with Gasteiger partial charge < -0.3 is 10.4 Å². The van der Waals surface area contributed by atoms with Gasteiger partial charge in [0.25, 0.3) is 5.91 Å². The number of hydrogen-bond acceptors (Lipinski definition) is 3. The van der Waals surface area contributed by atoms with Crippen LogP contribution in [0.5, 0.6) is 0 Å². The molecule has 1 aromatic carbocycles. The standard InChI is InChI=1S/C13H7Cl2FN2O3/c14-10-4-2-7(11(15)18-10)12(19)17-9-3-1-6(13(20)21)5-8(9)16/h1-5H,(H,17,19)(H,20,21). The highest BCUT2D eigenvalue weighted by atomic mass is 35.5. The van der Waals surface area contributed by atoms with E-state index in [1.54, 1.807) is 0 Å². The average Bonchev–Trinajstić information content (AvgIpc) is 2.40. The molecule has 0 aliphatic carbocycles. The molecule has 0 radical (unpaired) electrons. The topological polar surface area (TPSA) is 79.3 Å². The molecule has 1 heterocycles. The summed E-state index contributed by atoms with van der Waals surface area (Å²) in [6, 6.07) is 5.83. The van der Waals surface area contributed by atoms with Crippen LogP contribution >= 0.6 is 23.2 Å². The Morgan fingerprint density at radius 3 is 2.48 bits per heavy atom. The third kappa shape index (κ3) is 3.48. The minimum absolute atomic E-state index is 0.0165. The van der Waals surface area contributed by atoms with E-state index in [1.807, 2.05) is 0 Å². The molecule has 0 aliphatic heterocycles. The molecule has 0 atom stereocenters. The van der Waals surface area contributed by atoms with E-state index in [1.165, 1.54) is 18.2 Å². The third-order valence-corrected chi connectivity index (χ3v) is 3.02. The van der Waals surface area contributed by atoms with Crippen molar-refractivity contribution in [2.24, 2.45) is 0 Å². The van der Waals surface area contributed by atoms with Crippen molar-refractivity contribution in [3.63, 3.8) is 0 Å². The summed E-state index contributed by atoms with van der Waals surface area (Å²) in [5.74, 6) is -2.83. The number of rotatable bonds is 3. The van der Waals surface area contributed by atoms with Crippen molar-refractivity contribution in [3.8, 4) is 0 Å². The van der Waals surface area contributed by atoms with Crippen LogP contribution < -0.4 is 5.32 Å². The van der Waals surface area contributed by atoms with Crippen molar-refractivity contribution in [1.82, 2.24) is 4.98 Å². The van der Waals surface area contributed by atoms with Crippen molar-refractivity contribution < 1.29 is 19.1 Å². The first kappa shape index (κ1) is 15.2. The summed E-state index contributed by atoms with van der Waals surface area (Å²) in [6.07, 6.45) is 0. The number of carbonyl (C=O) groups is 2. The molecule has 2 rings (SSSR count). The van der Waals surface area contributed by atoms with E-state index in [2.05, 4.69) is 10.3 Å². The number of carboxylic acid groups (broad SMARTS) is 1. The molecule has 0 fully saturated rings. The largest absolute Gasteiger partial charge is 0.478 e. The molecule has 0 saturated heterocycles. The molecule has 0 saturated carbocycles. The summed E-state index contributed by atoms with van der Waals surface area (Å²) in [5.41, 5.74) is -0.379. The first-order valence-electron chi connectivity index (χ1n) is 5.54.